The van der Waals surface area contributed by atoms with Crippen LogP contribution in [0.25, 0.3) is 0 Å². The van der Waals surface area contributed by atoms with E-state index < -0.39 is 26.5 Å². The summed E-state index contributed by atoms with van der Waals surface area (Å²) in [6.07, 6.45) is 34.9. The largest absolute Gasteiger partial charge is 0.472 e. The molecule has 0 heterocycles. The number of esters is 1. The van der Waals surface area contributed by atoms with Crippen LogP contribution in [0.4, 0.5) is 0 Å². The van der Waals surface area contributed by atoms with E-state index in [1.54, 1.807) is 0 Å². The van der Waals surface area contributed by atoms with Crippen LogP contribution in [0.15, 0.2) is 48.6 Å². The van der Waals surface area contributed by atoms with Crippen LogP contribution >= 0.6 is 7.82 Å². The van der Waals surface area contributed by atoms with Gasteiger partial charge in [0, 0.05) is 19.4 Å². The van der Waals surface area contributed by atoms with Crippen LogP contribution in [0.2, 0.25) is 0 Å². The van der Waals surface area contributed by atoms with Gasteiger partial charge in [0.15, 0.2) is 0 Å². The van der Waals surface area contributed by atoms with Crippen LogP contribution < -0.4 is 5.32 Å². The monoisotopic (exact) mass is 669 g/mol. The van der Waals surface area contributed by atoms with Gasteiger partial charge in [-0.1, -0.05) is 114 Å². The third-order valence-electron chi connectivity index (χ3n) is 7.01. The van der Waals surface area contributed by atoms with Crippen LogP contribution in [0.3, 0.4) is 0 Å². The number of phosphoric acid groups is 1. The van der Waals surface area contributed by atoms with Crippen LogP contribution in [-0.4, -0.2) is 54.3 Å². The number of allylic oxidation sites excluding steroid dienone is 8. The van der Waals surface area contributed by atoms with Crippen molar-refractivity contribution in [2.24, 2.45) is 0 Å². The molecule has 46 heavy (non-hydrogen) atoms. The van der Waals surface area contributed by atoms with Gasteiger partial charge in [0.2, 0.25) is 5.91 Å². The molecule has 0 aromatic carbocycles. The minimum absolute atomic E-state index is 0.0757. The molecular weight excluding hydrogens is 605 g/mol. The van der Waals surface area contributed by atoms with Crippen LogP contribution in [0.1, 0.15) is 136 Å². The van der Waals surface area contributed by atoms with Gasteiger partial charge in [-0.05, 0) is 57.8 Å². The Kier molecular flexibility index (Phi) is 31.4. The van der Waals surface area contributed by atoms with Gasteiger partial charge in [0.25, 0.3) is 0 Å². The molecule has 0 aliphatic carbocycles. The summed E-state index contributed by atoms with van der Waals surface area (Å²) < 4.78 is 26.6. The standard InChI is InChI=1S/C36H64NO8P/c1-3-5-7-9-11-12-13-14-15-16-17-18-19-20-21-22-23-25-27-29-36(40)43-32-34(38)33-45-46(41,42)44-31-30-37-35(39)28-26-24-10-8-6-4-2/h11-12,14-15,17-18,20-21,34,38H,3-10,13,16,19,22-33H2,1-2H3,(H,37,39)(H,41,42)/b12-11-,15-14-,18-17-,21-20-. The van der Waals surface area contributed by atoms with Gasteiger partial charge in [-0.25, -0.2) is 4.57 Å². The zero-order valence-electron chi connectivity index (χ0n) is 28.8. The third-order valence-corrected chi connectivity index (χ3v) is 8.00. The van der Waals surface area contributed by atoms with Crippen molar-refractivity contribution < 1.29 is 37.9 Å². The molecular formula is C36H64NO8P. The van der Waals surface area contributed by atoms with Crippen molar-refractivity contribution in [2.75, 3.05) is 26.4 Å². The second kappa shape index (κ2) is 32.9. The van der Waals surface area contributed by atoms with Gasteiger partial charge in [-0.15, -0.1) is 0 Å². The first kappa shape index (κ1) is 44.0. The summed E-state index contributed by atoms with van der Waals surface area (Å²) in [5, 5.41) is 12.6. The first-order valence-electron chi connectivity index (χ1n) is 17.6. The molecule has 0 bridgehead atoms. The average Bonchev–Trinajstić information content (AvgIpc) is 3.04. The molecule has 0 aromatic rings. The minimum Gasteiger partial charge on any atom is -0.463 e. The van der Waals surface area contributed by atoms with Crippen molar-refractivity contribution in [3.63, 3.8) is 0 Å². The van der Waals surface area contributed by atoms with Crippen LogP contribution in [0.5, 0.6) is 0 Å². The molecule has 9 nitrogen and oxygen atoms in total. The number of carbonyl (C=O) groups excluding carboxylic acids is 2. The highest BCUT2D eigenvalue weighted by Crippen LogP contribution is 2.42. The molecule has 0 spiro atoms. The van der Waals surface area contributed by atoms with Crippen molar-refractivity contribution in [1.82, 2.24) is 5.32 Å². The summed E-state index contributed by atoms with van der Waals surface area (Å²) in [5.41, 5.74) is 0. The highest BCUT2D eigenvalue weighted by Gasteiger charge is 2.23. The highest BCUT2D eigenvalue weighted by molar-refractivity contribution is 7.47. The van der Waals surface area contributed by atoms with E-state index in [1.165, 1.54) is 44.9 Å². The Morgan fingerprint density at radius 1 is 0.674 bits per heavy atom. The minimum atomic E-state index is -4.41. The number of nitrogens with one attached hydrogen (secondary N) is 1. The summed E-state index contributed by atoms with van der Waals surface area (Å²) in [4.78, 5) is 33.5. The van der Waals surface area contributed by atoms with Gasteiger partial charge in [0.1, 0.15) is 12.7 Å². The Morgan fingerprint density at radius 2 is 1.17 bits per heavy atom. The lowest BCUT2D eigenvalue weighted by Crippen LogP contribution is -2.27. The number of aliphatic hydroxyl groups excluding tert-OH is 1. The van der Waals surface area contributed by atoms with E-state index in [0.717, 1.165) is 57.8 Å². The maximum atomic E-state index is 12.0. The molecule has 1 amide bonds. The fourth-order valence-electron chi connectivity index (χ4n) is 4.30. The highest BCUT2D eigenvalue weighted by atomic mass is 31.2. The Balaban J connectivity index is 3.71. The van der Waals surface area contributed by atoms with Crippen LogP contribution in [0, 0.1) is 0 Å². The van der Waals surface area contributed by atoms with E-state index in [0.29, 0.717) is 12.8 Å². The van der Waals surface area contributed by atoms with Crippen molar-refractivity contribution in [3.05, 3.63) is 48.6 Å². The summed E-state index contributed by atoms with van der Waals surface area (Å²) in [7, 11) is -4.41. The molecule has 10 heteroatoms. The molecule has 0 aromatic heterocycles. The van der Waals surface area contributed by atoms with Gasteiger partial charge in [-0.2, -0.15) is 0 Å². The van der Waals surface area contributed by atoms with Gasteiger partial charge in [-0.3, -0.25) is 18.6 Å². The summed E-state index contributed by atoms with van der Waals surface area (Å²) >= 11 is 0. The number of carbonyl (C=O) groups is 2. The maximum absolute atomic E-state index is 12.0. The summed E-state index contributed by atoms with van der Waals surface area (Å²) in [6, 6.07) is 0. The molecule has 2 unspecified atom stereocenters. The summed E-state index contributed by atoms with van der Waals surface area (Å²) in [6.45, 7) is 3.39. The molecule has 0 saturated heterocycles. The summed E-state index contributed by atoms with van der Waals surface area (Å²) in [5.74, 6) is -0.562. The zero-order chi connectivity index (χ0) is 34.0. The number of hydrogen-bond acceptors (Lipinski definition) is 7. The number of hydrogen-bond donors (Lipinski definition) is 3. The van der Waals surface area contributed by atoms with E-state index in [2.05, 4.69) is 67.8 Å². The van der Waals surface area contributed by atoms with E-state index >= 15 is 0 Å². The second-order valence-electron chi connectivity index (χ2n) is 11.5. The van der Waals surface area contributed by atoms with Gasteiger partial charge in [0.05, 0.1) is 13.2 Å². The fourth-order valence-corrected chi connectivity index (χ4v) is 5.06. The SMILES string of the molecule is CCCCC/C=C\C/C=C\C/C=C\C/C=C\CCCCCC(=O)OCC(O)COP(=O)(O)OCCNC(=O)CCCCCCCC. The van der Waals surface area contributed by atoms with E-state index in [-0.39, 0.29) is 32.1 Å². The van der Waals surface area contributed by atoms with Gasteiger partial charge >= 0.3 is 13.8 Å². The fraction of sp³-hybridized carbons (Fsp3) is 0.722. The number of ether oxygens (including phenoxy) is 1. The molecule has 0 aliphatic rings. The first-order chi connectivity index (χ1) is 22.3. The average molecular weight is 670 g/mol. The molecule has 2 atom stereocenters. The topological polar surface area (TPSA) is 131 Å². The Bertz CT molecular complexity index is 902. The molecule has 266 valence electrons. The number of aliphatic hydroxyl groups is 1. The lowest BCUT2D eigenvalue weighted by molar-refractivity contribution is -0.147. The predicted molar refractivity (Wildman–Crippen MR) is 187 cm³/mol. The van der Waals surface area contributed by atoms with Crippen LogP contribution in [-0.2, 0) is 27.9 Å². The van der Waals surface area contributed by atoms with E-state index in [1.807, 2.05) is 0 Å². The van der Waals surface area contributed by atoms with E-state index in [4.69, 9.17) is 13.8 Å². The molecule has 0 aliphatic heterocycles. The number of rotatable bonds is 32. The Labute approximate surface area is 279 Å². The van der Waals surface area contributed by atoms with Crippen molar-refractivity contribution in [2.45, 2.75) is 142 Å². The molecule has 3 N–H and O–H groups in total. The normalized spacial score (nSPS) is 14.1. The smallest absolute Gasteiger partial charge is 0.463 e. The van der Waals surface area contributed by atoms with E-state index in [9.17, 15) is 24.2 Å². The predicted octanol–water partition coefficient (Wildman–Crippen LogP) is 8.82. The van der Waals surface area contributed by atoms with Crippen molar-refractivity contribution in [3.8, 4) is 0 Å². The maximum Gasteiger partial charge on any atom is 0.472 e. The van der Waals surface area contributed by atoms with Crippen molar-refractivity contribution in [1.29, 1.82) is 0 Å². The molecule has 0 fully saturated rings. The molecule has 0 radical (unpaired) electrons. The van der Waals surface area contributed by atoms with Gasteiger partial charge < -0.3 is 20.1 Å². The molecule has 0 rings (SSSR count). The third kappa shape index (κ3) is 33.3. The second-order valence-corrected chi connectivity index (χ2v) is 12.9. The number of amides is 1. The Morgan fingerprint density at radius 3 is 1.80 bits per heavy atom. The Hall–Kier alpha value is -2.03. The lowest BCUT2D eigenvalue weighted by Gasteiger charge is -2.15. The number of unbranched alkanes of at least 4 members (excludes halogenated alkanes) is 11. The quantitative estimate of drug-likeness (QED) is 0.0280. The first-order valence-corrected chi connectivity index (χ1v) is 19.1. The molecule has 0 saturated carbocycles. The lowest BCUT2D eigenvalue weighted by atomic mass is 10.1. The van der Waals surface area contributed by atoms with Crippen molar-refractivity contribution >= 4 is 19.7 Å². The number of phosphoric ester groups is 1. The zero-order valence-corrected chi connectivity index (χ0v) is 29.6.